The minimum atomic E-state index is -6.09. The molecule has 0 spiro atoms. The minimum absolute atomic E-state index is 0. The molecule has 10 radical (unpaired) electrons. The fourth-order valence-corrected chi connectivity index (χ4v) is 1.15. The Morgan fingerprint density at radius 1 is 0.562 bits per heavy atom. The van der Waals surface area contributed by atoms with Crippen LogP contribution in [0.2, 0.25) is 0 Å². The van der Waals surface area contributed by atoms with Gasteiger partial charge < -0.3 is 13.8 Å². The third kappa shape index (κ3) is 23.4. The first-order valence-corrected chi connectivity index (χ1v) is 10.8. The summed E-state index contributed by atoms with van der Waals surface area (Å²) in [5.41, 5.74) is -11.3. The average Bonchev–Trinajstić information content (AvgIpc) is 3.40. The Kier molecular flexibility index (Phi) is 21.3. The molecule has 3 rings (SSSR count). The Morgan fingerprint density at radius 2 is 0.719 bits per heavy atom. The van der Waals surface area contributed by atoms with E-state index in [9.17, 15) is 26.3 Å². The monoisotopic (exact) mass is 590 g/mol. The van der Waals surface area contributed by atoms with E-state index in [1.807, 2.05) is 64.2 Å². The summed E-state index contributed by atoms with van der Waals surface area (Å²) in [4.78, 5) is 0. The van der Waals surface area contributed by atoms with Gasteiger partial charge in [0, 0.05) is 13.2 Å². The zero-order valence-corrected chi connectivity index (χ0v) is 20.1. The van der Waals surface area contributed by atoms with Gasteiger partial charge in [-0.2, -0.15) is 26.3 Å². The van der Waals surface area contributed by atoms with E-state index < -0.39 is 31.3 Å². The van der Waals surface area contributed by atoms with Crippen molar-refractivity contribution >= 4 is 20.2 Å². The van der Waals surface area contributed by atoms with Crippen molar-refractivity contribution in [3.05, 3.63) is 64.2 Å². The van der Waals surface area contributed by atoms with Gasteiger partial charge in [-0.15, -0.1) is 0 Å². The Labute approximate surface area is 204 Å². The van der Waals surface area contributed by atoms with Crippen molar-refractivity contribution in [2.24, 2.45) is 0 Å². The van der Waals surface area contributed by atoms with Crippen LogP contribution >= 0.6 is 0 Å². The molecule has 7 nitrogen and oxygen atoms in total. The van der Waals surface area contributed by atoms with Crippen molar-refractivity contribution in [2.75, 3.05) is 13.2 Å². The molecule has 0 atom stereocenters. The molecule has 3 aliphatic rings. The van der Waals surface area contributed by atoms with Crippen LogP contribution in [0.5, 0.6) is 0 Å². The molecule has 0 bridgehead atoms. The Bertz CT molecular complexity index is 552. The molecule has 0 unspecified atom stereocenters. The number of hydrogen-bond acceptors (Lipinski definition) is 7. The zero-order valence-electron chi connectivity index (χ0n) is 16.0. The van der Waals surface area contributed by atoms with Crippen molar-refractivity contribution < 1.29 is 83.2 Å². The van der Waals surface area contributed by atoms with E-state index in [0.29, 0.717) is 0 Å². The van der Waals surface area contributed by atoms with Crippen LogP contribution in [0, 0.1) is 64.2 Å². The average molecular weight is 592 g/mol. The molecule has 1 aliphatic heterocycles. The molecule has 1 heterocycles. The number of hydrogen-bond donors (Lipinski definition) is 0. The second kappa shape index (κ2) is 18.6. The van der Waals surface area contributed by atoms with Crippen molar-refractivity contribution in [2.45, 2.75) is 23.9 Å². The molecule has 3 fully saturated rings. The van der Waals surface area contributed by atoms with Crippen molar-refractivity contribution in [1.29, 1.82) is 0 Å². The molecule has 0 N–H and O–H groups in total. The number of halogens is 6. The Hall–Kier alpha value is 0.243. The molecule has 0 aromatic heterocycles. The van der Waals surface area contributed by atoms with Gasteiger partial charge in [0.15, 0.2) is 20.2 Å². The first kappa shape index (κ1) is 36.8. The molecule has 0 amide bonds. The van der Waals surface area contributed by atoms with E-state index in [1.54, 1.807) is 0 Å². The van der Waals surface area contributed by atoms with Gasteiger partial charge in [-0.1, -0.05) is 0 Å². The predicted octanol–water partition coefficient (Wildman–Crippen LogP) is 2.94. The van der Waals surface area contributed by atoms with E-state index in [0.717, 1.165) is 13.2 Å². The quantitative estimate of drug-likeness (QED) is 0.241. The van der Waals surface area contributed by atoms with Crippen LogP contribution < -0.4 is 0 Å². The zero-order chi connectivity index (χ0) is 24.6. The summed E-state index contributed by atoms with van der Waals surface area (Å²) in [5, 5.41) is 0. The summed E-state index contributed by atoms with van der Waals surface area (Å²) >= 11 is 0. The molecular weight excluding hydrogens is 574 g/mol. The maximum atomic E-state index is 10.7. The predicted molar refractivity (Wildman–Crippen MR) is 94.6 cm³/mol. The molecular formula is C16H18F6O7S2Zr+2. The van der Waals surface area contributed by atoms with Gasteiger partial charge in [-0.25, -0.2) is 16.8 Å². The normalized spacial score (nSPS) is 18.2. The van der Waals surface area contributed by atoms with Gasteiger partial charge in [-0.3, -0.25) is 0 Å². The number of ether oxygens (including phenoxy) is 1. The summed E-state index contributed by atoms with van der Waals surface area (Å²) in [7, 11) is -12.2. The van der Waals surface area contributed by atoms with Crippen LogP contribution in [0.25, 0.3) is 0 Å². The van der Waals surface area contributed by atoms with Crippen molar-refractivity contribution in [1.82, 2.24) is 0 Å². The Morgan fingerprint density at radius 3 is 0.781 bits per heavy atom. The smallest absolute Gasteiger partial charge is 0.741 e. The van der Waals surface area contributed by atoms with Gasteiger partial charge in [0.25, 0.3) is 0 Å². The van der Waals surface area contributed by atoms with Crippen LogP contribution in [-0.2, 0) is 51.2 Å². The first-order valence-electron chi connectivity index (χ1n) is 7.95. The van der Waals surface area contributed by atoms with Gasteiger partial charge in [0.05, 0.1) is 0 Å². The number of alkyl halides is 6. The van der Waals surface area contributed by atoms with Gasteiger partial charge in [0.2, 0.25) is 0 Å². The van der Waals surface area contributed by atoms with Gasteiger partial charge in [0.1, 0.15) is 0 Å². The molecule has 2 saturated carbocycles. The largest absolute Gasteiger partial charge is 4.00 e. The maximum absolute atomic E-state index is 10.7. The molecule has 180 valence electrons. The molecule has 2 aliphatic carbocycles. The van der Waals surface area contributed by atoms with Crippen LogP contribution in [0.15, 0.2) is 0 Å². The van der Waals surface area contributed by atoms with Crippen LogP contribution in [0.4, 0.5) is 26.3 Å². The Balaban J connectivity index is -0.000000330. The van der Waals surface area contributed by atoms with E-state index in [-0.39, 0.29) is 26.2 Å². The second-order valence-electron chi connectivity index (χ2n) is 5.04. The minimum Gasteiger partial charge on any atom is -0.741 e. The summed E-state index contributed by atoms with van der Waals surface area (Å²) in [5.74, 6) is 0. The standard InChI is InChI=1S/2C5H5.C4H8O.2CHF3O3S.Zr/c3*1-2-4-5-3-1;2*2-1(3,4)8(5,6)7;/h2*1-5H;1-4H2;2*(H,5,6,7);/q;;;;;+4/p-2. The molecule has 32 heavy (non-hydrogen) atoms. The van der Waals surface area contributed by atoms with Crippen molar-refractivity contribution in [3.63, 3.8) is 0 Å². The molecule has 16 heteroatoms. The number of rotatable bonds is 0. The third-order valence-corrected chi connectivity index (χ3v) is 3.64. The van der Waals surface area contributed by atoms with Gasteiger partial charge in [-0.05, 0) is 77.0 Å². The molecule has 1 saturated heterocycles. The SMILES string of the molecule is C1CCOC1.O=S(=O)([O-])C(F)(F)F.O=S(=O)([O-])C(F)(F)F.[CH]1[CH][CH][CH][CH]1.[CH]1[CH][CH][CH][CH]1.[Zr+4]. The molecule has 0 aromatic carbocycles. The fraction of sp³-hybridized carbons (Fsp3) is 0.375. The third-order valence-electron chi connectivity index (χ3n) is 2.51. The maximum Gasteiger partial charge on any atom is 4.00 e. The van der Waals surface area contributed by atoms with Crippen molar-refractivity contribution in [3.8, 4) is 0 Å². The summed E-state index contributed by atoms with van der Waals surface area (Å²) in [6.45, 7) is 2.00. The van der Waals surface area contributed by atoms with Crippen LogP contribution in [-0.4, -0.2) is 50.2 Å². The second-order valence-corrected chi connectivity index (χ2v) is 7.79. The summed E-state index contributed by atoms with van der Waals surface area (Å²) in [6, 6.07) is 0. The van der Waals surface area contributed by atoms with Crippen LogP contribution in [0.1, 0.15) is 12.8 Å². The van der Waals surface area contributed by atoms with E-state index >= 15 is 0 Å². The van der Waals surface area contributed by atoms with Crippen LogP contribution in [0.3, 0.4) is 0 Å². The fourth-order valence-electron chi connectivity index (χ4n) is 1.15. The summed E-state index contributed by atoms with van der Waals surface area (Å²) < 4.78 is 123. The van der Waals surface area contributed by atoms with E-state index in [2.05, 4.69) is 0 Å². The van der Waals surface area contributed by atoms with Gasteiger partial charge >= 0.3 is 37.2 Å². The summed E-state index contributed by atoms with van der Waals surface area (Å²) in [6.07, 6.45) is 22.6. The topological polar surface area (TPSA) is 124 Å². The first-order chi connectivity index (χ1) is 14.0. The van der Waals surface area contributed by atoms with E-state index in [4.69, 9.17) is 30.7 Å². The molecule has 0 aromatic rings. The van der Waals surface area contributed by atoms with E-state index in [1.165, 1.54) is 12.8 Å².